The third kappa shape index (κ3) is 4.87. The molecule has 2 aromatic carbocycles. The molecule has 0 aliphatic rings. The molecule has 0 atom stereocenters. The Morgan fingerprint density at radius 2 is 1.53 bits per heavy atom. The molecule has 0 fully saturated rings. The zero-order valence-corrected chi connectivity index (χ0v) is 17.4. The van der Waals surface area contributed by atoms with Crippen LogP contribution < -0.4 is 16.4 Å². The van der Waals surface area contributed by atoms with E-state index < -0.39 is 5.91 Å². The number of rotatable bonds is 9. The fourth-order valence-electron chi connectivity index (χ4n) is 3.46. The van der Waals surface area contributed by atoms with E-state index in [1.807, 2.05) is 0 Å². The molecular formula is C24H23N3O5. The zero-order valence-electron chi connectivity index (χ0n) is 17.4. The Bertz CT molecular complexity index is 1290. The van der Waals surface area contributed by atoms with Gasteiger partial charge in [-0.3, -0.25) is 14.4 Å². The van der Waals surface area contributed by atoms with Crippen molar-refractivity contribution in [3.63, 3.8) is 0 Å². The SMILES string of the molecule is NCCCCCC(=O)Nc1ccc2oc(C(=O)Nc3ccc4oc(C=O)cc4c3)cc2c1. The highest BCUT2D eigenvalue weighted by atomic mass is 16.3. The third-order valence-corrected chi connectivity index (χ3v) is 5.04. The van der Waals surface area contributed by atoms with Gasteiger partial charge in [0.15, 0.2) is 17.8 Å². The van der Waals surface area contributed by atoms with Crippen LogP contribution in [0.5, 0.6) is 0 Å². The van der Waals surface area contributed by atoms with Gasteiger partial charge in [0.25, 0.3) is 5.91 Å². The van der Waals surface area contributed by atoms with E-state index in [-0.39, 0.29) is 17.4 Å². The standard InChI is InChI=1S/C24H23N3O5/c25-9-3-1-2-4-23(29)26-17-5-8-21-16(11-17)13-22(32-21)24(30)27-18-6-7-20-15(10-18)12-19(14-28)31-20/h5-8,10-14H,1-4,9,25H2,(H,26,29)(H,27,30). The first-order valence-electron chi connectivity index (χ1n) is 10.4. The summed E-state index contributed by atoms with van der Waals surface area (Å²) in [5, 5.41) is 7.06. The molecule has 0 radical (unpaired) electrons. The molecule has 2 amide bonds. The van der Waals surface area contributed by atoms with E-state index in [1.54, 1.807) is 48.5 Å². The first-order valence-corrected chi connectivity index (χ1v) is 10.4. The number of carbonyl (C=O) groups is 3. The van der Waals surface area contributed by atoms with Crippen LogP contribution in [0.15, 0.2) is 57.4 Å². The van der Waals surface area contributed by atoms with Crippen molar-refractivity contribution in [1.29, 1.82) is 0 Å². The Morgan fingerprint density at radius 1 is 0.844 bits per heavy atom. The number of aldehydes is 1. The Morgan fingerprint density at radius 3 is 2.25 bits per heavy atom. The van der Waals surface area contributed by atoms with E-state index in [1.165, 1.54) is 0 Å². The van der Waals surface area contributed by atoms with Crippen molar-refractivity contribution in [3.8, 4) is 0 Å². The Balaban J connectivity index is 1.43. The number of carbonyl (C=O) groups excluding carboxylic acids is 3. The quantitative estimate of drug-likeness (QED) is 0.259. The van der Waals surface area contributed by atoms with E-state index in [9.17, 15) is 14.4 Å². The second-order valence-corrected chi connectivity index (χ2v) is 7.48. The molecule has 0 aliphatic carbocycles. The van der Waals surface area contributed by atoms with Crippen molar-refractivity contribution in [2.45, 2.75) is 25.7 Å². The molecule has 4 N–H and O–H groups in total. The van der Waals surface area contributed by atoms with Crippen molar-refractivity contribution in [2.24, 2.45) is 5.73 Å². The van der Waals surface area contributed by atoms with Crippen LogP contribution in [-0.4, -0.2) is 24.6 Å². The lowest BCUT2D eigenvalue weighted by Crippen LogP contribution is -2.11. The molecular weight excluding hydrogens is 410 g/mol. The highest BCUT2D eigenvalue weighted by Gasteiger charge is 2.14. The van der Waals surface area contributed by atoms with Gasteiger partial charge in [-0.05, 0) is 67.9 Å². The first-order chi connectivity index (χ1) is 15.6. The molecule has 32 heavy (non-hydrogen) atoms. The maximum absolute atomic E-state index is 12.7. The van der Waals surface area contributed by atoms with Crippen molar-refractivity contribution in [1.82, 2.24) is 0 Å². The van der Waals surface area contributed by atoms with Gasteiger partial charge in [-0.15, -0.1) is 0 Å². The number of furan rings is 2. The van der Waals surface area contributed by atoms with Gasteiger partial charge in [-0.2, -0.15) is 0 Å². The molecule has 2 aromatic heterocycles. The molecule has 0 saturated carbocycles. The van der Waals surface area contributed by atoms with Crippen molar-refractivity contribution < 1.29 is 23.2 Å². The minimum absolute atomic E-state index is 0.0600. The van der Waals surface area contributed by atoms with E-state index in [0.29, 0.717) is 52.6 Å². The van der Waals surface area contributed by atoms with Gasteiger partial charge in [-0.1, -0.05) is 6.42 Å². The van der Waals surface area contributed by atoms with Crippen LogP contribution in [0.3, 0.4) is 0 Å². The maximum Gasteiger partial charge on any atom is 0.291 e. The number of hydrogen-bond donors (Lipinski definition) is 3. The smallest absolute Gasteiger partial charge is 0.291 e. The molecule has 0 aliphatic heterocycles. The molecule has 8 nitrogen and oxygen atoms in total. The summed E-state index contributed by atoms with van der Waals surface area (Å²) in [7, 11) is 0. The van der Waals surface area contributed by atoms with Gasteiger partial charge in [-0.25, -0.2) is 0 Å². The van der Waals surface area contributed by atoms with Gasteiger partial charge in [0.05, 0.1) is 0 Å². The van der Waals surface area contributed by atoms with E-state index in [0.717, 1.165) is 19.3 Å². The topological polar surface area (TPSA) is 128 Å². The predicted molar refractivity (Wildman–Crippen MR) is 122 cm³/mol. The molecule has 8 heteroatoms. The predicted octanol–water partition coefficient (Wildman–Crippen LogP) is 4.70. The van der Waals surface area contributed by atoms with Crippen molar-refractivity contribution >= 4 is 51.4 Å². The number of nitrogens with one attached hydrogen (secondary N) is 2. The molecule has 4 rings (SSSR count). The van der Waals surface area contributed by atoms with Gasteiger partial charge < -0.3 is 25.2 Å². The Labute approximate surface area is 183 Å². The van der Waals surface area contributed by atoms with Crippen LogP contribution in [0.1, 0.15) is 46.8 Å². The van der Waals surface area contributed by atoms with E-state index in [2.05, 4.69) is 10.6 Å². The lowest BCUT2D eigenvalue weighted by molar-refractivity contribution is -0.116. The summed E-state index contributed by atoms with van der Waals surface area (Å²) in [5.74, 6) is -0.106. The highest BCUT2D eigenvalue weighted by Crippen LogP contribution is 2.26. The second-order valence-electron chi connectivity index (χ2n) is 7.48. The van der Waals surface area contributed by atoms with Crippen LogP contribution in [0.2, 0.25) is 0 Å². The van der Waals surface area contributed by atoms with Crippen LogP contribution in [0, 0.1) is 0 Å². The lowest BCUT2D eigenvalue weighted by Gasteiger charge is -2.05. The molecule has 0 saturated heterocycles. The number of amides is 2. The Kier molecular flexibility index (Phi) is 6.32. The zero-order chi connectivity index (χ0) is 22.5. The average Bonchev–Trinajstić information content (AvgIpc) is 3.40. The molecule has 0 unspecified atom stereocenters. The van der Waals surface area contributed by atoms with E-state index >= 15 is 0 Å². The minimum atomic E-state index is -0.412. The largest absolute Gasteiger partial charge is 0.453 e. The number of anilines is 2. The number of hydrogen-bond acceptors (Lipinski definition) is 6. The molecule has 4 aromatic rings. The summed E-state index contributed by atoms with van der Waals surface area (Å²) in [4.78, 5) is 35.6. The fraction of sp³-hybridized carbons (Fsp3) is 0.208. The van der Waals surface area contributed by atoms with E-state index in [4.69, 9.17) is 14.6 Å². The monoisotopic (exact) mass is 433 g/mol. The molecule has 2 heterocycles. The van der Waals surface area contributed by atoms with Gasteiger partial charge in [0.1, 0.15) is 11.2 Å². The number of benzene rings is 2. The van der Waals surface area contributed by atoms with Crippen LogP contribution >= 0.6 is 0 Å². The summed E-state index contributed by atoms with van der Waals surface area (Å²) in [5.41, 5.74) is 7.75. The Hall–Kier alpha value is -3.91. The summed E-state index contributed by atoms with van der Waals surface area (Å²) < 4.78 is 11.0. The summed E-state index contributed by atoms with van der Waals surface area (Å²) in [6, 6.07) is 13.5. The van der Waals surface area contributed by atoms with Gasteiger partial charge in [0, 0.05) is 28.6 Å². The number of nitrogens with two attached hydrogens (primary N) is 1. The number of unbranched alkanes of at least 4 members (excludes halogenated alkanes) is 2. The molecule has 164 valence electrons. The number of fused-ring (bicyclic) bond motifs is 2. The molecule has 0 bridgehead atoms. The van der Waals surface area contributed by atoms with Crippen molar-refractivity contribution in [3.05, 3.63) is 60.1 Å². The lowest BCUT2D eigenvalue weighted by atomic mass is 10.2. The minimum Gasteiger partial charge on any atom is -0.453 e. The average molecular weight is 433 g/mol. The van der Waals surface area contributed by atoms with Gasteiger partial charge in [0.2, 0.25) is 5.91 Å². The summed E-state index contributed by atoms with van der Waals surface area (Å²) in [6.45, 7) is 0.633. The first kappa shape index (κ1) is 21.3. The summed E-state index contributed by atoms with van der Waals surface area (Å²) in [6.07, 6.45) is 3.70. The van der Waals surface area contributed by atoms with Gasteiger partial charge >= 0.3 is 0 Å². The second kappa shape index (κ2) is 9.49. The maximum atomic E-state index is 12.7. The fourth-order valence-corrected chi connectivity index (χ4v) is 3.46. The third-order valence-electron chi connectivity index (χ3n) is 5.04. The summed E-state index contributed by atoms with van der Waals surface area (Å²) >= 11 is 0. The van der Waals surface area contributed by atoms with Crippen LogP contribution in [0.25, 0.3) is 21.9 Å². The highest BCUT2D eigenvalue weighted by molar-refractivity contribution is 6.06. The van der Waals surface area contributed by atoms with Crippen LogP contribution in [-0.2, 0) is 4.79 Å². The molecule has 0 spiro atoms. The van der Waals surface area contributed by atoms with Crippen LogP contribution in [0.4, 0.5) is 11.4 Å². The van der Waals surface area contributed by atoms with Crippen molar-refractivity contribution in [2.75, 3.05) is 17.2 Å². The normalized spacial score (nSPS) is 11.0.